The average Bonchev–Trinajstić information content (AvgIpc) is 2.66. The van der Waals surface area contributed by atoms with Crippen LogP contribution in [0.15, 0.2) is 24.3 Å². The highest BCUT2D eigenvalue weighted by Crippen LogP contribution is 2.23. The molecule has 0 aromatic heterocycles. The monoisotopic (exact) mass is 224 g/mol. The molecule has 2 rings (SSSR count). The third-order valence-electron chi connectivity index (χ3n) is 2.68. The van der Waals surface area contributed by atoms with Crippen molar-refractivity contribution in [3.8, 4) is 0 Å². The maximum atomic E-state index is 12.7. The molecule has 0 bridgehead atoms. The van der Waals surface area contributed by atoms with Gasteiger partial charge < -0.3 is 5.11 Å². The maximum Gasteiger partial charge on any atom is 0.304 e. The van der Waals surface area contributed by atoms with Crippen LogP contribution in [0.5, 0.6) is 0 Å². The molecule has 3 N–H and O–H groups in total. The number of nitrogens with one attached hydrogen (secondary N) is 2. The molecule has 0 saturated carbocycles. The van der Waals surface area contributed by atoms with Gasteiger partial charge >= 0.3 is 5.97 Å². The molecule has 1 saturated heterocycles. The number of carboxylic acids is 1. The Bertz CT molecular complexity index is 380. The fraction of sp³-hybridized carbons (Fsp3) is 0.364. The van der Waals surface area contributed by atoms with Gasteiger partial charge in [0.15, 0.2) is 0 Å². The van der Waals surface area contributed by atoms with E-state index in [0.29, 0.717) is 6.42 Å². The van der Waals surface area contributed by atoms with E-state index in [2.05, 4.69) is 10.9 Å². The van der Waals surface area contributed by atoms with E-state index >= 15 is 0 Å². The van der Waals surface area contributed by atoms with Crippen LogP contribution in [0.3, 0.4) is 0 Å². The van der Waals surface area contributed by atoms with Crippen molar-refractivity contribution < 1.29 is 14.3 Å². The zero-order valence-corrected chi connectivity index (χ0v) is 8.61. The van der Waals surface area contributed by atoms with Gasteiger partial charge in [-0.1, -0.05) is 12.1 Å². The maximum absolute atomic E-state index is 12.7. The number of carbonyl (C=O) groups is 1. The van der Waals surface area contributed by atoms with E-state index in [1.807, 2.05) is 0 Å². The predicted molar refractivity (Wildman–Crippen MR) is 56.1 cm³/mol. The Balaban J connectivity index is 1.98. The lowest BCUT2D eigenvalue weighted by Gasteiger charge is -2.08. The number of hydrogen-bond acceptors (Lipinski definition) is 3. The first-order chi connectivity index (χ1) is 7.65. The van der Waals surface area contributed by atoms with Crippen LogP contribution in [0.2, 0.25) is 0 Å². The van der Waals surface area contributed by atoms with Crippen molar-refractivity contribution >= 4 is 5.97 Å². The largest absolute Gasteiger partial charge is 0.481 e. The summed E-state index contributed by atoms with van der Waals surface area (Å²) in [5.41, 5.74) is 6.90. The minimum atomic E-state index is -0.820. The molecule has 1 aromatic carbocycles. The highest BCUT2D eigenvalue weighted by Gasteiger charge is 2.26. The highest BCUT2D eigenvalue weighted by atomic mass is 19.1. The van der Waals surface area contributed by atoms with Gasteiger partial charge in [0.2, 0.25) is 0 Å². The van der Waals surface area contributed by atoms with Crippen LogP contribution in [0.4, 0.5) is 4.39 Å². The Labute approximate surface area is 92.4 Å². The summed E-state index contributed by atoms with van der Waals surface area (Å²) in [7, 11) is 0. The van der Waals surface area contributed by atoms with Crippen molar-refractivity contribution in [2.45, 2.75) is 24.9 Å². The third-order valence-corrected chi connectivity index (χ3v) is 2.68. The molecule has 5 heteroatoms. The molecule has 2 atom stereocenters. The molecule has 0 aliphatic carbocycles. The molecule has 1 aromatic rings. The number of hydrazine groups is 1. The normalized spacial score (nSPS) is 24.6. The van der Waals surface area contributed by atoms with Gasteiger partial charge in [-0.3, -0.25) is 15.6 Å². The number of aliphatic carboxylic acids is 1. The van der Waals surface area contributed by atoms with Gasteiger partial charge in [0.05, 0.1) is 6.42 Å². The molecule has 0 radical (unpaired) electrons. The van der Waals surface area contributed by atoms with Gasteiger partial charge in [-0.2, -0.15) is 0 Å². The summed E-state index contributed by atoms with van der Waals surface area (Å²) in [6.07, 6.45) is 0.780. The van der Waals surface area contributed by atoms with E-state index < -0.39 is 5.97 Å². The summed E-state index contributed by atoms with van der Waals surface area (Å²) < 4.78 is 12.7. The molecule has 0 spiro atoms. The predicted octanol–water partition coefficient (Wildman–Crippen LogP) is 1.21. The quantitative estimate of drug-likeness (QED) is 0.722. The third kappa shape index (κ3) is 2.56. The van der Waals surface area contributed by atoms with Gasteiger partial charge in [0.1, 0.15) is 5.82 Å². The second-order valence-corrected chi connectivity index (χ2v) is 3.92. The minimum absolute atomic E-state index is 0.0462. The molecule has 2 unspecified atom stereocenters. The molecule has 1 fully saturated rings. The lowest BCUT2D eigenvalue weighted by molar-refractivity contribution is -0.137. The van der Waals surface area contributed by atoms with Gasteiger partial charge in [0.25, 0.3) is 0 Å². The molecule has 16 heavy (non-hydrogen) atoms. The van der Waals surface area contributed by atoms with E-state index in [-0.39, 0.29) is 24.3 Å². The van der Waals surface area contributed by atoms with Crippen molar-refractivity contribution in [2.75, 3.05) is 0 Å². The Kier molecular flexibility index (Phi) is 3.17. The van der Waals surface area contributed by atoms with Crippen LogP contribution in [0.25, 0.3) is 0 Å². The first kappa shape index (κ1) is 11.0. The van der Waals surface area contributed by atoms with E-state index in [9.17, 15) is 9.18 Å². The van der Waals surface area contributed by atoms with Crippen molar-refractivity contribution in [3.05, 3.63) is 35.6 Å². The van der Waals surface area contributed by atoms with E-state index in [1.165, 1.54) is 12.1 Å². The first-order valence-electron chi connectivity index (χ1n) is 5.13. The fourth-order valence-electron chi connectivity index (χ4n) is 1.88. The van der Waals surface area contributed by atoms with Crippen molar-refractivity contribution in [1.29, 1.82) is 0 Å². The van der Waals surface area contributed by atoms with Gasteiger partial charge in [-0.05, 0) is 24.1 Å². The molecular weight excluding hydrogens is 211 g/mol. The lowest BCUT2D eigenvalue weighted by Crippen LogP contribution is -2.32. The zero-order valence-electron chi connectivity index (χ0n) is 8.61. The summed E-state index contributed by atoms with van der Waals surface area (Å²) in [4.78, 5) is 10.5. The molecule has 4 nitrogen and oxygen atoms in total. The van der Waals surface area contributed by atoms with Crippen LogP contribution in [-0.4, -0.2) is 17.1 Å². The van der Waals surface area contributed by atoms with Gasteiger partial charge in [0, 0.05) is 12.1 Å². The molecule has 1 aliphatic heterocycles. The summed E-state index contributed by atoms with van der Waals surface area (Å²) in [5.74, 6) is -1.09. The summed E-state index contributed by atoms with van der Waals surface area (Å²) in [5, 5.41) is 8.65. The topological polar surface area (TPSA) is 61.4 Å². The van der Waals surface area contributed by atoms with Crippen molar-refractivity contribution in [2.24, 2.45) is 0 Å². The first-order valence-corrected chi connectivity index (χ1v) is 5.13. The minimum Gasteiger partial charge on any atom is -0.481 e. The highest BCUT2D eigenvalue weighted by molar-refractivity contribution is 5.67. The number of rotatable bonds is 3. The van der Waals surface area contributed by atoms with Crippen LogP contribution in [0, 0.1) is 5.82 Å². The lowest BCUT2D eigenvalue weighted by atomic mass is 10.0. The molecule has 86 valence electrons. The second kappa shape index (κ2) is 4.59. The summed E-state index contributed by atoms with van der Waals surface area (Å²) >= 11 is 0. The smallest absolute Gasteiger partial charge is 0.304 e. The van der Waals surface area contributed by atoms with Crippen LogP contribution in [-0.2, 0) is 4.79 Å². The van der Waals surface area contributed by atoms with E-state index in [0.717, 1.165) is 5.56 Å². The van der Waals surface area contributed by atoms with Crippen LogP contribution >= 0.6 is 0 Å². The Morgan fingerprint density at radius 1 is 1.38 bits per heavy atom. The van der Waals surface area contributed by atoms with Crippen LogP contribution in [0.1, 0.15) is 24.4 Å². The number of benzene rings is 1. The number of carboxylic acid groups (broad SMARTS) is 1. The van der Waals surface area contributed by atoms with Crippen LogP contribution < -0.4 is 10.9 Å². The van der Waals surface area contributed by atoms with Gasteiger partial charge in [-0.15, -0.1) is 0 Å². The summed E-state index contributed by atoms with van der Waals surface area (Å²) in [6.45, 7) is 0. The van der Waals surface area contributed by atoms with E-state index in [4.69, 9.17) is 5.11 Å². The SMILES string of the molecule is O=C(O)CC1CC(c2ccc(F)cc2)NN1. The van der Waals surface area contributed by atoms with Crippen molar-refractivity contribution in [3.63, 3.8) is 0 Å². The number of hydrogen-bond donors (Lipinski definition) is 3. The Morgan fingerprint density at radius 3 is 2.69 bits per heavy atom. The standard InChI is InChI=1S/C11H13FN2O2/c12-8-3-1-7(2-4-8)10-5-9(13-14-10)6-11(15)16/h1-4,9-10,13-14H,5-6H2,(H,15,16). The molecule has 1 heterocycles. The average molecular weight is 224 g/mol. The Hall–Kier alpha value is -1.46. The summed E-state index contributed by atoms with van der Waals surface area (Å²) in [6, 6.07) is 6.19. The molecule has 1 aliphatic rings. The van der Waals surface area contributed by atoms with Gasteiger partial charge in [-0.25, -0.2) is 4.39 Å². The second-order valence-electron chi connectivity index (χ2n) is 3.92. The fourth-order valence-corrected chi connectivity index (χ4v) is 1.88. The molecular formula is C11H13FN2O2. The van der Waals surface area contributed by atoms with Crippen molar-refractivity contribution in [1.82, 2.24) is 10.9 Å². The zero-order chi connectivity index (χ0) is 11.5. The molecule has 0 amide bonds. The number of halogens is 1. The van der Waals surface area contributed by atoms with E-state index in [1.54, 1.807) is 12.1 Å². The Morgan fingerprint density at radius 2 is 2.06 bits per heavy atom.